The molecule has 2 rings (SSSR count). The monoisotopic (exact) mass is 309 g/mol. The van der Waals surface area contributed by atoms with Crippen LogP contribution in [0.2, 0.25) is 5.02 Å². The van der Waals surface area contributed by atoms with E-state index in [9.17, 15) is 4.79 Å². The predicted molar refractivity (Wildman–Crippen MR) is 83.0 cm³/mol. The second-order valence-corrected chi connectivity index (χ2v) is 5.79. The number of hydrogen-bond acceptors (Lipinski definition) is 4. The molecule has 0 bridgehead atoms. The van der Waals surface area contributed by atoms with E-state index in [4.69, 9.17) is 11.6 Å². The molecule has 2 aromatic rings. The van der Waals surface area contributed by atoms with Crippen LogP contribution >= 0.6 is 22.9 Å². The number of halogens is 1. The van der Waals surface area contributed by atoms with Crippen molar-refractivity contribution in [1.82, 2.24) is 15.2 Å². The molecule has 1 amide bonds. The summed E-state index contributed by atoms with van der Waals surface area (Å²) in [4.78, 5) is 17.8. The summed E-state index contributed by atoms with van der Waals surface area (Å²) < 4.78 is 0. The lowest BCUT2D eigenvalue weighted by Gasteiger charge is -2.13. The Kier molecular flexibility index (Phi) is 5.11. The van der Waals surface area contributed by atoms with E-state index >= 15 is 0 Å². The number of nitrogens with one attached hydrogen (secondary N) is 1. The Labute approximate surface area is 127 Å². The maximum Gasteiger partial charge on any atom is 0.233 e. The normalized spacial score (nSPS) is 10.8. The van der Waals surface area contributed by atoms with Crippen LogP contribution in [0.5, 0.6) is 0 Å². The summed E-state index contributed by atoms with van der Waals surface area (Å²) in [6.45, 7) is 1.02. The fourth-order valence-corrected chi connectivity index (χ4v) is 2.70. The van der Waals surface area contributed by atoms with E-state index in [1.807, 2.05) is 41.6 Å². The second-order valence-electron chi connectivity index (χ2n) is 4.50. The van der Waals surface area contributed by atoms with Gasteiger partial charge in [0.25, 0.3) is 0 Å². The van der Waals surface area contributed by atoms with Gasteiger partial charge in [0.2, 0.25) is 5.91 Å². The quantitative estimate of drug-likeness (QED) is 0.923. The molecule has 1 heterocycles. The third-order valence-corrected chi connectivity index (χ3v) is 3.96. The Morgan fingerprint density at radius 2 is 2.10 bits per heavy atom. The van der Waals surface area contributed by atoms with Gasteiger partial charge in [0.1, 0.15) is 5.01 Å². The zero-order valence-electron chi connectivity index (χ0n) is 11.4. The van der Waals surface area contributed by atoms with Crippen LogP contribution in [0.25, 0.3) is 10.6 Å². The van der Waals surface area contributed by atoms with Crippen LogP contribution in [0, 0.1) is 0 Å². The Bertz CT molecular complexity index is 582. The molecule has 0 aliphatic heterocycles. The van der Waals surface area contributed by atoms with Gasteiger partial charge in [0, 0.05) is 29.6 Å². The molecule has 6 heteroatoms. The van der Waals surface area contributed by atoms with Gasteiger partial charge in [-0.15, -0.1) is 11.3 Å². The summed E-state index contributed by atoms with van der Waals surface area (Å²) in [5.41, 5.74) is 2.02. The molecule has 0 saturated carbocycles. The number of carbonyl (C=O) groups excluding carboxylic acids is 1. The second kappa shape index (κ2) is 6.83. The van der Waals surface area contributed by atoms with Gasteiger partial charge in [-0.25, -0.2) is 4.98 Å². The van der Waals surface area contributed by atoms with Gasteiger partial charge in [0.05, 0.1) is 12.2 Å². The lowest BCUT2D eigenvalue weighted by molar-refractivity contribution is -0.121. The third kappa shape index (κ3) is 4.03. The third-order valence-electron chi connectivity index (χ3n) is 2.77. The van der Waals surface area contributed by atoms with Crippen LogP contribution in [0.15, 0.2) is 29.6 Å². The molecule has 1 aromatic carbocycles. The van der Waals surface area contributed by atoms with E-state index in [2.05, 4.69) is 10.3 Å². The number of nitrogens with zero attached hydrogens (tertiary/aromatic N) is 2. The highest BCUT2D eigenvalue weighted by atomic mass is 35.5. The Hall–Kier alpha value is -1.43. The molecule has 0 saturated heterocycles. The summed E-state index contributed by atoms with van der Waals surface area (Å²) >= 11 is 7.47. The average molecular weight is 310 g/mol. The fraction of sp³-hybridized carbons (Fsp3) is 0.286. The van der Waals surface area contributed by atoms with Crippen molar-refractivity contribution >= 4 is 28.8 Å². The Morgan fingerprint density at radius 1 is 1.40 bits per heavy atom. The van der Waals surface area contributed by atoms with E-state index < -0.39 is 0 Å². The predicted octanol–water partition coefficient (Wildman–Crippen LogP) is 2.64. The van der Waals surface area contributed by atoms with E-state index in [1.165, 1.54) is 0 Å². The first-order chi connectivity index (χ1) is 9.58. The molecule has 0 aliphatic rings. The molecule has 0 spiro atoms. The van der Waals surface area contributed by atoms with Gasteiger partial charge >= 0.3 is 0 Å². The standard InChI is InChI=1S/C14H16ClN3OS/c1-16-13(19)8-18(2)7-12-9-20-14(17-12)10-3-5-11(15)6-4-10/h3-6,9H,7-8H2,1-2H3,(H,16,19). The summed E-state index contributed by atoms with van der Waals surface area (Å²) in [6.07, 6.45) is 0. The van der Waals surface area contributed by atoms with Crippen molar-refractivity contribution in [1.29, 1.82) is 0 Å². The number of likely N-dealkylation sites (N-methyl/N-ethyl adjacent to an activating group) is 2. The highest BCUT2D eigenvalue weighted by Crippen LogP contribution is 2.25. The highest BCUT2D eigenvalue weighted by molar-refractivity contribution is 7.13. The number of benzene rings is 1. The molecule has 20 heavy (non-hydrogen) atoms. The zero-order valence-corrected chi connectivity index (χ0v) is 13.0. The number of aromatic nitrogens is 1. The number of hydrogen-bond donors (Lipinski definition) is 1. The van der Waals surface area contributed by atoms with Gasteiger partial charge in [-0.2, -0.15) is 0 Å². The largest absolute Gasteiger partial charge is 0.358 e. The summed E-state index contributed by atoms with van der Waals surface area (Å²) in [5.74, 6) is 0.000606. The molecule has 0 fully saturated rings. The van der Waals surface area contributed by atoms with Crippen LogP contribution in [-0.4, -0.2) is 36.4 Å². The number of rotatable bonds is 5. The number of amides is 1. The van der Waals surface area contributed by atoms with Gasteiger partial charge in [-0.3, -0.25) is 9.69 Å². The lowest BCUT2D eigenvalue weighted by atomic mass is 10.2. The van der Waals surface area contributed by atoms with E-state index in [-0.39, 0.29) is 5.91 Å². The highest BCUT2D eigenvalue weighted by Gasteiger charge is 2.09. The molecule has 1 N–H and O–H groups in total. The van der Waals surface area contributed by atoms with Crippen LogP contribution < -0.4 is 5.32 Å². The first-order valence-electron chi connectivity index (χ1n) is 6.18. The lowest BCUT2D eigenvalue weighted by Crippen LogP contribution is -2.32. The minimum atomic E-state index is 0.000606. The van der Waals surface area contributed by atoms with Crippen LogP contribution in [0.4, 0.5) is 0 Å². The van der Waals surface area contributed by atoms with Gasteiger partial charge < -0.3 is 5.32 Å². The van der Waals surface area contributed by atoms with Gasteiger partial charge in [-0.05, 0) is 19.2 Å². The van der Waals surface area contributed by atoms with Crippen molar-refractivity contribution in [3.63, 3.8) is 0 Å². The van der Waals surface area contributed by atoms with Crippen molar-refractivity contribution in [2.24, 2.45) is 0 Å². The van der Waals surface area contributed by atoms with Gasteiger partial charge in [0.15, 0.2) is 0 Å². The molecular formula is C14H16ClN3OS. The molecule has 0 unspecified atom stereocenters. The maximum atomic E-state index is 11.3. The Balaban J connectivity index is 2.02. The fourth-order valence-electron chi connectivity index (χ4n) is 1.76. The minimum absolute atomic E-state index is 0.000606. The van der Waals surface area contributed by atoms with Crippen LogP contribution in [0.1, 0.15) is 5.69 Å². The van der Waals surface area contributed by atoms with E-state index in [0.29, 0.717) is 13.1 Å². The zero-order chi connectivity index (χ0) is 14.5. The molecule has 0 atom stereocenters. The smallest absolute Gasteiger partial charge is 0.233 e. The van der Waals surface area contributed by atoms with E-state index in [0.717, 1.165) is 21.3 Å². The molecule has 106 valence electrons. The Morgan fingerprint density at radius 3 is 2.75 bits per heavy atom. The molecular weight excluding hydrogens is 294 g/mol. The van der Waals surface area contributed by atoms with Gasteiger partial charge in [-0.1, -0.05) is 23.7 Å². The van der Waals surface area contributed by atoms with Crippen molar-refractivity contribution in [2.45, 2.75) is 6.54 Å². The topological polar surface area (TPSA) is 45.2 Å². The van der Waals surface area contributed by atoms with Crippen LogP contribution in [0.3, 0.4) is 0 Å². The maximum absolute atomic E-state index is 11.3. The minimum Gasteiger partial charge on any atom is -0.358 e. The van der Waals surface area contributed by atoms with Crippen molar-refractivity contribution in [2.75, 3.05) is 20.6 Å². The summed E-state index contributed by atoms with van der Waals surface area (Å²) in [5, 5.41) is 6.31. The summed E-state index contributed by atoms with van der Waals surface area (Å²) in [7, 11) is 3.54. The summed E-state index contributed by atoms with van der Waals surface area (Å²) in [6, 6.07) is 7.63. The van der Waals surface area contributed by atoms with Crippen molar-refractivity contribution < 1.29 is 4.79 Å². The first-order valence-corrected chi connectivity index (χ1v) is 7.43. The molecule has 1 aromatic heterocycles. The van der Waals surface area contributed by atoms with Crippen molar-refractivity contribution in [3.8, 4) is 10.6 Å². The van der Waals surface area contributed by atoms with Crippen LogP contribution in [-0.2, 0) is 11.3 Å². The van der Waals surface area contributed by atoms with E-state index in [1.54, 1.807) is 18.4 Å². The molecule has 4 nitrogen and oxygen atoms in total. The number of thiazole rings is 1. The molecule has 0 aliphatic carbocycles. The average Bonchev–Trinajstić information content (AvgIpc) is 2.87. The first kappa shape index (κ1) is 15.0. The van der Waals surface area contributed by atoms with Crippen molar-refractivity contribution in [3.05, 3.63) is 40.4 Å². The molecule has 0 radical (unpaired) electrons. The SMILES string of the molecule is CNC(=O)CN(C)Cc1csc(-c2ccc(Cl)cc2)n1. The number of carbonyl (C=O) groups is 1.